The number of aliphatic imine (C=N–C) groups is 1. The largest absolute Gasteiger partial charge is 0.444 e. The Morgan fingerprint density at radius 2 is 1.73 bits per heavy atom. The molecule has 0 bridgehead atoms. The van der Waals surface area contributed by atoms with Crippen molar-refractivity contribution in [3.63, 3.8) is 0 Å². The Bertz CT molecular complexity index is 698. The quantitative estimate of drug-likeness (QED) is 0.294. The fourth-order valence-corrected chi connectivity index (χ4v) is 4.55. The number of carbonyl (C=O) groups is 1. The van der Waals surface area contributed by atoms with Gasteiger partial charge < -0.3 is 20.3 Å². The minimum atomic E-state index is -3.13. The predicted molar refractivity (Wildman–Crippen MR) is 134 cm³/mol. The summed E-state index contributed by atoms with van der Waals surface area (Å²) in [7, 11) is -3.13. The van der Waals surface area contributed by atoms with Crippen molar-refractivity contribution >= 4 is 45.9 Å². The van der Waals surface area contributed by atoms with Gasteiger partial charge in [-0.3, -0.25) is 4.99 Å². The molecule has 1 amide bonds. The van der Waals surface area contributed by atoms with Gasteiger partial charge in [-0.25, -0.2) is 13.2 Å². The molecule has 0 atom stereocenters. The van der Waals surface area contributed by atoms with Crippen molar-refractivity contribution in [1.29, 1.82) is 0 Å². The standard InChI is InChI=1S/C20H40N4O4S.HI/c1-9-20(10-2,23-17(25)28-18(4,5)6)14-22-16(21-11-3)24-12-13-29(26,27)19(7,8)15-24;/h9-15H2,1-8H3,(H,21,22)(H,23,25);1H. The molecule has 1 aliphatic heterocycles. The van der Waals surface area contributed by atoms with Crippen LogP contribution in [0, 0.1) is 0 Å². The average Bonchev–Trinajstić information content (AvgIpc) is 2.58. The van der Waals surface area contributed by atoms with E-state index >= 15 is 0 Å². The number of sulfone groups is 1. The first-order chi connectivity index (χ1) is 13.2. The Labute approximate surface area is 199 Å². The summed E-state index contributed by atoms with van der Waals surface area (Å²) in [6, 6.07) is 0. The van der Waals surface area contributed by atoms with Crippen LogP contribution in [0.5, 0.6) is 0 Å². The maximum atomic E-state index is 12.3. The van der Waals surface area contributed by atoms with E-state index < -0.39 is 31.8 Å². The molecule has 0 radical (unpaired) electrons. The predicted octanol–water partition coefficient (Wildman–Crippen LogP) is 3.16. The number of hydrogen-bond acceptors (Lipinski definition) is 5. The number of alkyl carbamates (subject to hydrolysis) is 1. The van der Waals surface area contributed by atoms with Gasteiger partial charge in [0, 0.05) is 19.6 Å². The number of rotatable bonds is 6. The molecule has 1 rings (SSSR count). The Morgan fingerprint density at radius 1 is 1.17 bits per heavy atom. The number of amides is 1. The van der Waals surface area contributed by atoms with Gasteiger partial charge in [0.15, 0.2) is 15.8 Å². The molecule has 1 aliphatic rings. The van der Waals surface area contributed by atoms with Crippen molar-refractivity contribution in [1.82, 2.24) is 15.5 Å². The molecule has 0 aromatic carbocycles. The van der Waals surface area contributed by atoms with E-state index in [0.717, 1.165) is 0 Å². The highest BCUT2D eigenvalue weighted by Crippen LogP contribution is 2.24. The normalized spacial score (nSPS) is 18.9. The van der Waals surface area contributed by atoms with Gasteiger partial charge in [-0.05, 0) is 54.4 Å². The number of nitrogens with zero attached hydrogens (tertiary/aromatic N) is 2. The highest BCUT2D eigenvalue weighted by molar-refractivity contribution is 14.0. The molecule has 2 N–H and O–H groups in total. The second kappa shape index (κ2) is 11.2. The van der Waals surface area contributed by atoms with Gasteiger partial charge in [0.25, 0.3) is 0 Å². The first-order valence-corrected chi connectivity index (χ1v) is 12.1. The van der Waals surface area contributed by atoms with Crippen LogP contribution in [0.1, 0.15) is 68.2 Å². The number of hydrogen-bond donors (Lipinski definition) is 2. The maximum absolute atomic E-state index is 12.3. The molecule has 30 heavy (non-hydrogen) atoms. The van der Waals surface area contributed by atoms with Crippen LogP contribution >= 0.6 is 24.0 Å². The van der Waals surface area contributed by atoms with Crippen LogP contribution in [0.25, 0.3) is 0 Å². The van der Waals surface area contributed by atoms with Crippen molar-refractivity contribution in [3.05, 3.63) is 0 Å². The zero-order valence-electron chi connectivity index (χ0n) is 19.8. The van der Waals surface area contributed by atoms with E-state index in [1.165, 1.54) is 0 Å². The van der Waals surface area contributed by atoms with E-state index in [1.807, 2.05) is 46.4 Å². The molecule has 0 spiro atoms. The van der Waals surface area contributed by atoms with Crippen molar-refractivity contribution in [2.45, 2.75) is 84.1 Å². The van der Waals surface area contributed by atoms with Crippen LogP contribution in [-0.4, -0.2) is 73.2 Å². The first kappa shape index (κ1) is 29.2. The molecule has 0 unspecified atom stereocenters. The Balaban J connectivity index is 0.00000841. The molecule has 178 valence electrons. The summed E-state index contributed by atoms with van der Waals surface area (Å²) in [6.07, 6.45) is 0.948. The summed E-state index contributed by atoms with van der Waals surface area (Å²) in [5.74, 6) is 0.778. The summed E-state index contributed by atoms with van der Waals surface area (Å²) >= 11 is 0. The van der Waals surface area contributed by atoms with E-state index in [0.29, 0.717) is 45.0 Å². The highest BCUT2D eigenvalue weighted by atomic mass is 127. The lowest BCUT2D eigenvalue weighted by Gasteiger charge is -2.39. The van der Waals surface area contributed by atoms with E-state index in [4.69, 9.17) is 9.73 Å². The van der Waals surface area contributed by atoms with E-state index in [9.17, 15) is 13.2 Å². The molecule has 1 fully saturated rings. The number of nitrogens with one attached hydrogen (secondary N) is 2. The Morgan fingerprint density at radius 3 is 2.17 bits per heavy atom. The SMILES string of the molecule is CCNC(=NCC(CC)(CC)NC(=O)OC(C)(C)C)N1CCS(=O)(=O)C(C)(C)C1.I. The Hall–Kier alpha value is -0.780. The molecule has 0 aromatic rings. The van der Waals surface area contributed by atoms with E-state index in [-0.39, 0.29) is 29.7 Å². The summed E-state index contributed by atoms with van der Waals surface area (Å²) < 4.78 is 29.2. The van der Waals surface area contributed by atoms with Crippen molar-refractivity contribution in [2.75, 3.05) is 31.9 Å². The van der Waals surface area contributed by atoms with Crippen molar-refractivity contribution in [3.8, 4) is 0 Å². The number of halogens is 1. The third kappa shape index (κ3) is 8.05. The molecule has 8 nitrogen and oxygen atoms in total. The van der Waals surface area contributed by atoms with Gasteiger partial charge in [0.1, 0.15) is 5.60 Å². The summed E-state index contributed by atoms with van der Waals surface area (Å²) in [5, 5.41) is 6.27. The van der Waals surface area contributed by atoms with Gasteiger partial charge in [-0.1, -0.05) is 13.8 Å². The average molecular weight is 561 g/mol. The molecule has 0 saturated carbocycles. The van der Waals surface area contributed by atoms with Crippen LogP contribution in [0.4, 0.5) is 4.79 Å². The smallest absolute Gasteiger partial charge is 0.408 e. The van der Waals surface area contributed by atoms with Gasteiger partial charge >= 0.3 is 6.09 Å². The summed E-state index contributed by atoms with van der Waals surface area (Å²) in [5.41, 5.74) is -1.10. The Kier molecular flexibility index (Phi) is 10.9. The fraction of sp³-hybridized carbons (Fsp3) is 0.900. The minimum absolute atomic E-state index is 0. The van der Waals surface area contributed by atoms with Crippen LogP contribution in [-0.2, 0) is 14.6 Å². The van der Waals surface area contributed by atoms with Gasteiger partial charge in [-0.15, -0.1) is 24.0 Å². The van der Waals surface area contributed by atoms with Gasteiger partial charge in [0.05, 0.1) is 22.6 Å². The molecule has 1 heterocycles. The lowest BCUT2D eigenvalue weighted by Crippen LogP contribution is -2.58. The maximum Gasteiger partial charge on any atom is 0.408 e. The van der Waals surface area contributed by atoms with Gasteiger partial charge in [-0.2, -0.15) is 0 Å². The molecule has 10 heteroatoms. The number of carbonyl (C=O) groups excluding carboxylic acids is 1. The van der Waals surface area contributed by atoms with Crippen LogP contribution in [0.15, 0.2) is 4.99 Å². The first-order valence-electron chi connectivity index (χ1n) is 10.5. The minimum Gasteiger partial charge on any atom is -0.444 e. The number of guanidine groups is 1. The van der Waals surface area contributed by atoms with Crippen LogP contribution in [0.3, 0.4) is 0 Å². The highest BCUT2D eigenvalue weighted by Gasteiger charge is 2.41. The zero-order valence-corrected chi connectivity index (χ0v) is 22.9. The zero-order chi connectivity index (χ0) is 22.5. The van der Waals surface area contributed by atoms with Crippen molar-refractivity contribution < 1.29 is 17.9 Å². The number of ether oxygens (including phenoxy) is 1. The lowest BCUT2D eigenvalue weighted by atomic mass is 9.93. The van der Waals surface area contributed by atoms with Crippen LogP contribution in [0.2, 0.25) is 0 Å². The molecular weight excluding hydrogens is 519 g/mol. The summed E-state index contributed by atoms with van der Waals surface area (Å²) in [6.45, 7) is 16.9. The fourth-order valence-electron chi connectivity index (χ4n) is 3.19. The summed E-state index contributed by atoms with van der Waals surface area (Å²) in [4.78, 5) is 19.1. The lowest BCUT2D eigenvalue weighted by molar-refractivity contribution is 0.0451. The van der Waals surface area contributed by atoms with Gasteiger partial charge in [0.2, 0.25) is 0 Å². The van der Waals surface area contributed by atoms with Crippen molar-refractivity contribution in [2.24, 2.45) is 4.99 Å². The monoisotopic (exact) mass is 560 g/mol. The second-order valence-corrected chi connectivity index (χ2v) is 12.0. The van der Waals surface area contributed by atoms with E-state index in [2.05, 4.69) is 10.6 Å². The third-order valence-electron chi connectivity index (χ3n) is 5.33. The molecular formula is C20H41IN4O4S. The second-order valence-electron chi connectivity index (χ2n) is 9.28. The van der Waals surface area contributed by atoms with Crippen LogP contribution < -0.4 is 10.6 Å². The molecule has 0 aliphatic carbocycles. The van der Waals surface area contributed by atoms with E-state index in [1.54, 1.807) is 13.8 Å². The third-order valence-corrected chi connectivity index (χ3v) is 7.86. The molecule has 1 saturated heterocycles. The topological polar surface area (TPSA) is 100 Å². The molecule has 0 aromatic heterocycles.